The fraction of sp³-hybridized carbons (Fsp3) is 0.300. The maximum atomic E-state index is 8.94. The van der Waals surface area contributed by atoms with Gasteiger partial charge in [0.2, 0.25) is 0 Å². The van der Waals surface area contributed by atoms with Crippen LogP contribution in [0.2, 0.25) is 5.02 Å². The van der Waals surface area contributed by atoms with Crippen molar-refractivity contribution in [3.05, 3.63) is 34.9 Å². The van der Waals surface area contributed by atoms with Gasteiger partial charge in [-0.05, 0) is 26.0 Å². The van der Waals surface area contributed by atoms with E-state index in [1.165, 1.54) is 0 Å². The van der Waals surface area contributed by atoms with Crippen LogP contribution >= 0.6 is 11.6 Å². The average molecular weight is 229 g/mol. The van der Waals surface area contributed by atoms with Gasteiger partial charge in [-0.1, -0.05) is 28.9 Å². The van der Waals surface area contributed by atoms with Gasteiger partial charge in [-0.3, -0.25) is 0 Å². The fourth-order valence-electron chi connectivity index (χ4n) is 1.20. The molecule has 0 spiro atoms. The molecular formula is C10H13ClN2O2. The lowest BCUT2D eigenvalue weighted by molar-refractivity contribution is 0.113. The lowest BCUT2D eigenvalue weighted by Crippen LogP contribution is -2.45. The Labute approximate surface area is 93.1 Å². The monoisotopic (exact) mass is 228 g/mol. The molecule has 1 aromatic carbocycles. The molecule has 0 bridgehead atoms. The molecule has 0 fully saturated rings. The van der Waals surface area contributed by atoms with Crippen LogP contribution in [-0.4, -0.2) is 21.7 Å². The maximum absolute atomic E-state index is 8.94. The standard InChI is InChI=1S/C10H13ClN2O2/c1-10(2,13-15)9(12-14)7-3-5-8(11)6-4-7/h3-6,13-15H,1-2H3. The SMILES string of the molecule is CC(C)(NO)C(=NO)c1ccc(Cl)cc1. The third kappa shape index (κ3) is 2.68. The van der Waals surface area contributed by atoms with Crippen molar-refractivity contribution in [2.45, 2.75) is 19.4 Å². The molecule has 0 heterocycles. The lowest BCUT2D eigenvalue weighted by atomic mass is 9.93. The normalized spacial score (nSPS) is 12.9. The molecule has 0 amide bonds. The first-order chi connectivity index (χ1) is 7.01. The summed E-state index contributed by atoms with van der Waals surface area (Å²) in [6, 6.07) is 6.82. The number of nitrogens with one attached hydrogen (secondary N) is 1. The molecule has 0 saturated carbocycles. The van der Waals surface area contributed by atoms with Crippen LogP contribution in [0.15, 0.2) is 29.4 Å². The van der Waals surface area contributed by atoms with E-state index in [0.29, 0.717) is 16.3 Å². The predicted molar refractivity (Wildman–Crippen MR) is 58.8 cm³/mol. The highest BCUT2D eigenvalue weighted by atomic mass is 35.5. The summed E-state index contributed by atoms with van der Waals surface area (Å²) < 4.78 is 0. The van der Waals surface area contributed by atoms with Crippen LogP contribution < -0.4 is 5.48 Å². The van der Waals surface area contributed by atoms with Crippen molar-refractivity contribution >= 4 is 17.3 Å². The molecule has 0 radical (unpaired) electrons. The molecule has 3 N–H and O–H groups in total. The van der Waals surface area contributed by atoms with Crippen molar-refractivity contribution in [1.82, 2.24) is 5.48 Å². The van der Waals surface area contributed by atoms with Gasteiger partial charge < -0.3 is 10.4 Å². The molecule has 0 saturated heterocycles. The van der Waals surface area contributed by atoms with Crippen LogP contribution in [0.5, 0.6) is 0 Å². The van der Waals surface area contributed by atoms with Gasteiger partial charge in [-0.15, -0.1) is 0 Å². The third-order valence-electron chi connectivity index (χ3n) is 2.09. The molecule has 1 aromatic rings. The molecule has 0 unspecified atom stereocenters. The summed E-state index contributed by atoms with van der Waals surface area (Å²) in [5.41, 5.74) is 2.27. The highest BCUT2D eigenvalue weighted by Gasteiger charge is 2.26. The Bertz CT molecular complexity index is 360. The quantitative estimate of drug-likeness (QED) is 0.423. The van der Waals surface area contributed by atoms with Crippen molar-refractivity contribution in [1.29, 1.82) is 0 Å². The van der Waals surface area contributed by atoms with Crippen LogP contribution in [0.4, 0.5) is 0 Å². The van der Waals surface area contributed by atoms with Gasteiger partial charge in [0, 0.05) is 10.6 Å². The highest BCUT2D eigenvalue weighted by Crippen LogP contribution is 2.16. The molecular weight excluding hydrogens is 216 g/mol. The highest BCUT2D eigenvalue weighted by molar-refractivity contribution is 6.30. The van der Waals surface area contributed by atoms with Gasteiger partial charge in [0.05, 0.1) is 5.54 Å². The van der Waals surface area contributed by atoms with Crippen LogP contribution in [0.25, 0.3) is 0 Å². The van der Waals surface area contributed by atoms with E-state index < -0.39 is 5.54 Å². The molecule has 5 heteroatoms. The summed E-state index contributed by atoms with van der Waals surface area (Å²) in [4.78, 5) is 0. The van der Waals surface area contributed by atoms with Crippen molar-refractivity contribution in [3.8, 4) is 0 Å². The van der Waals surface area contributed by atoms with Crippen molar-refractivity contribution in [2.24, 2.45) is 5.16 Å². The first kappa shape index (κ1) is 12.0. The first-order valence-electron chi connectivity index (χ1n) is 4.41. The van der Waals surface area contributed by atoms with Gasteiger partial charge in [0.1, 0.15) is 5.71 Å². The zero-order valence-electron chi connectivity index (χ0n) is 8.53. The zero-order valence-corrected chi connectivity index (χ0v) is 9.28. The number of rotatable bonds is 3. The molecule has 0 aromatic heterocycles. The predicted octanol–water partition coefficient (Wildman–Crippen LogP) is 2.28. The number of nitrogens with zero attached hydrogens (tertiary/aromatic N) is 1. The van der Waals surface area contributed by atoms with Gasteiger partial charge in [0.25, 0.3) is 0 Å². The minimum Gasteiger partial charge on any atom is -0.411 e. The van der Waals surface area contributed by atoms with Crippen molar-refractivity contribution in [2.75, 3.05) is 0 Å². The Morgan fingerprint density at radius 2 is 1.87 bits per heavy atom. The maximum Gasteiger partial charge on any atom is 0.108 e. The van der Waals surface area contributed by atoms with E-state index in [4.69, 9.17) is 22.0 Å². The van der Waals surface area contributed by atoms with E-state index in [1.807, 2.05) is 0 Å². The Morgan fingerprint density at radius 1 is 1.33 bits per heavy atom. The number of hydroxylamine groups is 1. The molecule has 0 aliphatic rings. The van der Waals surface area contributed by atoms with Crippen molar-refractivity contribution in [3.63, 3.8) is 0 Å². The first-order valence-corrected chi connectivity index (χ1v) is 4.79. The Kier molecular flexibility index (Phi) is 3.68. The van der Waals surface area contributed by atoms with Gasteiger partial charge in [-0.25, -0.2) is 0 Å². The lowest BCUT2D eigenvalue weighted by Gasteiger charge is -2.23. The second-order valence-electron chi connectivity index (χ2n) is 3.69. The molecule has 82 valence electrons. The van der Waals surface area contributed by atoms with E-state index in [1.54, 1.807) is 38.1 Å². The molecule has 15 heavy (non-hydrogen) atoms. The van der Waals surface area contributed by atoms with Crippen LogP contribution in [-0.2, 0) is 0 Å². The van der Waals surface area contributed by atoms with Gasteiger partial charge >= 0.3 is 0 Å². The molecule has 0 aliphatic heterocycles. The van der Waals surface area contributed by atoms with Crippen LogP contribution in [0.3, 0.4) is 0 Å². The number of halogens is 1. The summed E-state index contributed by atoms with van der Waals surface area (Å²) in [5, 5.41) is 21.6. The third-order valence-corrected chi connectivity index (χ3v) is 2.34. The van der Waals surface area contributed by atoms with Crippen LogP contribution in [0.1, 0.15) is 19.4 Å². The molecule has 4 nitrogen and oxygen atoms in total. The largest absolute Gasteiger partial charge is 0.411 e. The minimum absolute atomic E-state index is 0.335. The average Bonchev–Trinajstić information content (AvgIpc) is 2.22. The second kappa shape index (κ2) is 4.61. The number of hydrogen-bond donors (Lipinski definition) is 3. The van der Waals surface area contributed by atoms with E-state index in [9.17, 15) is 0 Å². The minimum atomic E-state index is -0.831. The van der Waals surface area contributed by atoms with Gasteiger partial charge in [0.15, 0.2) is 0 Å². The van der Waals surface area contributed by atoms with Crippen LogP contribution in [0, 0.1) is 0 Å². The zero-order chi connectivity index (χ0) is 11.5. The molecule has 0 aliphatic carbocycles. The van der Waals surface area contributed by atoms with E-state index in [2.05, 4.69) is 10.6 Å². The Morgan fingerprint density at radius 3 is 2.27 bits per heavy atom. The Balaban J connectivity index is 3.10. The van der Waals surface area contributed by atoms with Crippen molar-refractivity contribution < 1.29 is 10.4 Å². The summed E-state index contributed by atoms with van der Waals surface area (Å²) in [6.07, 6.45) is 0. The number of hydrogen-bond acceptors (Lipinski definition) is 4. The molecule has 0 atom stereocenters. The summed E-state index contributed by atoms with van der Waals surface area (Å²) in [7, 11) is 0. The van der Waals surface area contributed by atoms with E-state index >= 15 is 0 Å². The summed E-state index contributed by atoms with van der Waals surface area (Å²) in [5.74, 6) is 0. The second-order valence-corrected chi connectivity index (χ2v) is 4.13. The van der Waals surface area contributed by atoms with Gasteiger partial charge in [-0.2, -0.15) is 5.48 Å². The summed E-state index contributed by atoms with van der Waals surface area (Å²) in [6.45, 7) is 3.38. The fourth-order valence-corrected chi connectivity index (χ4v) is 1.33. The smallest absolute Gasteiger partial charge is 0.108 e. The topological polar surface area (TPSA) is 64.8 Å². The van der Waals surface area contributed by atoms with E-state index in [0.717, 1.165) is 0 Å². The molecule has 1 rings (SSSR count). The Hall–Kier alpha value is -1.10. The summed E-state index contributed by atoms with van der Waals surface area (Å²) >= 11 is 5.74. The van der Waals surface area contributed by atoms with E-state index in [-0.39, 0.29) is 0 Å². The number of oxime groups is 1. The number of benzene rings is 1.